The number of nitrogens with zero attached hydrogens (tertiary/aromatic N) is 1. The first-order chi connectivity index (χ1) is 5.52. The summed E-state index contributed by atoms with van der Waals surface area (Å²) in [5, 5.41) is 0. The van der Waals surface area contributed by atoms with Crippen molar-refractivity contribution in [3.63, 3.8) is 0 Å². The van der Waals surface area contributed by atoms with Crippen molar-refractivity contribution in [3.05, 3.63) is 17.3 Å². The summed E-state index contributed by atoms with van der Waals surface area (Å²) in [6.07, 6.45) is -2.60. The van der Waals surface area contributed by atoms with E-state index in [4.69, 9.17) is 11.5 Å². The lowest BCUT2D eigenvalue weighted by molar-refractivity contribution is 0.146. The lowest BCUT2D eigenvalue weighted by Gasteiger charge is -2.06. The SMILES string of the molecule is Cc1cc(C(F)F)nc(N)c1N. The fraction of sp³-hybridized carbons (Fsp3) is 0.286. The van der Waals surface area contributed by atoms with Crippen molar-refractivity contribution in [2.45, 2.75) is 13.3 Å². The summed E-state index contributed by atoms with van der Waals surface area (Å²) in [5.41, 5.74) is 11.2. The van der Waals surface area contributed by atoms with Crippen LogP contribution in [0.1, 0.15) is 17.7 Å². The smallest absolute Gasteiger partial charge is 0.280 e. The van der Waals surface area contributed by atoms with Crippen molar-refractivity contribution in [2.24, 2.45) is 0 Å². The predicted molar refractivity (Wildman–Crippen MR) is 42.8 cm³/mol. The third-order valence-corrected chi connectivity index (χ3v) is 1.54. The number of hydrogen-bond donors (Lipinski definition) is 2. The second-order valence-electron chi connectivity index (χ2n) is 2.46. The molecule has 12 heavy (non-hydrogen) atoms. The Kier molecular flexibility index (Phi) is 2.12. The molecule has 1 aromatic rings. The van der Waals surface area contributed by atoms with Gasteiger partial charge in [-0.2, -0.15) is 0 Å². The van der Waals surface area contributed by atoms with E-state index in [2.05, 4.69) is 4.98 Å². The molecule has 0 saturated carbocycles. The molecule has 3 nitrogen and oxygen atoms in total. The van der Waals surface area contributed by atoms with E-state index in [-0.39, 0.29) is 17.2 Å². The Labute approximate surface area is 68.4 Å². The largest absolute Gasteiger partial charge is 0.396 e. The van der Waals surface area contributed by atoms with Gasteiger partial charge in [-0.25, -0.2) is 13.8 Å². The Morgan fingerprint density at radius 3 is 2.42 bits per heavy atom. The van der Waals surface area contributed by atoms with Gasteiger partial charge in [0.2, 0.25) is 0 Å². The zero-order valence-electron chi connectivity index (χ0n) is 6.51. The predicted octanol–water partition coefficient (Wildman–Crippen LogP) is 1.49. The van der Waals surface area contributed by atoms with Gasteiger partial charge < -0.3 is 11.5 Å². The molecule has 0 aliphatic rings. The van der Waals surface area contributed by atoms with E-state index >= 15 is 0 Å². The van der Waals surface area contributed by atoms with Crippen LogP contribution in [-0.4, -0.2) is 4.98 Å². The van der Waals surface area contributed by atoms with Crippen LogP contribution in [0.3, 0.4) is 0 Å². The third kappa shape index (κ3) is 1.44. The van der Waals surface area contributed by atoms with Crippen LogP contribution in [0.25, 0.3) is 0 Å². The number of halogens is 2. The lowest BCUT2D eigenvalue weighted by Crippen LogP contribution is -2.03. The molecule has 0 bridgehead atoms. The van der Waals surface area contributed by atoms with Crippen molar-refractivity contribution in [1.82, 2.24) is 4.98 Å². The highest BCUT2D eigenvalue weighted by atomic mass is 19.3. The molecule has 0 saturated heterocycles. The third-order valence-electron chi connectivity index (χ3n) is 1.54. The van der Waals surface area contributed by atoms with E-state index in [0.717, 1.165) is 0 Å². The number of aromatic nitrogens is 1. The molecule has 1 aromatic heterocycles. The summed E-state index contributed by atoms with van der Waals surface area (Å²) >= 11 is 0. The zero-order valence-corrected chi connectivity index (χ0v) is 6.51. The number of alkyl halides is 2. The van der Waals surface area contributed by atoms with Gasteiger partial charge in [0, 0.05) is 0 Å². The van der Waals surface area contributed by atoms with Crippen LogP contribution in [0.5, 0.6) is 0 Å². The first-order valence-corrected chi connectivity index (χ1v) is 3.33. The van der Waals surface area contributed by atoms with Gasteiger partial charge in [0.05, 0.1) is 5.69 Å². The summed E-state index contributed by atoms with van der Waals surface area (Å²) in [6.45, 7) is 1.61. The maximum absolute atomic E-state index is 12.1. The number of anilines is 2. The number of pyridine rings is 1. The highest BCUT2D eigenvalue weighted by Gasteiger charge is 2.11. The summed E-state index contributed by atoms with van der Waals surface area (Å²) in [7, 11) is 0. The quantitative estimate of drug-likeness (QED) is 0.676. The molecule has 5 heteroatoms. The topological polar surface area (TPSA) is 64.9 Å². The van der Waals surface area contributed by atoms with E-state index in [1.165, 1.54) is 6.07 Å². The normalized spacial score (nSPS) is 10.7. The van der Waals surface area contributed by atoms with Crippen LogP contribution in [0, 0.1) is 6.92 Å². The molecule has 0 unspecified atom stereocenters. The van der Waals surface area contributed by atoms with Crippen LogP contribution in [0.15, 0.2) is 6.07 Å². The van der Waals surface area contributed by atoms with Crippen molar-refractivity contribution in [2.75, 3.05) is 11.5 Å². The maximum atomic E-state index is 12.1. The van der Waals surface area contributed by atoms with Crippen LogP contribution in [0.2, 0.25) is 0 Å². The second kappa shape index (κ2) is 2.92. The number of nitrogens with two attached hydrogens (primary N) is 2. The summed E-state index contributed by atoms with van der Waals surface area (Å²) in [5.74, 6) is -0.0368. The van der Waals surface area contributed by atoms with Crippen LogP contribution < -0.4 is 11.5 Å². The summed E-state index contributed by atoms with van der Waals surface area (Å²) in [4.78, 5) is 3.44. The Morgan fingerprint density at radius 1 is 1.42 bits per heavy atom. The summed E-state index contributed by atoms with van der Waals surface area (Å²) < 4.78 is 24.2. The molecule has 1 rings (SSSR count). The van der Waals surface area contributed by atoms with E-state index in [9.17, 15) is 8.78 Å². The molecule has 0 aromatic carbocycles. The van der Waals surface area contributed by atoms with Gasteiger partial charge in [0.1, 0.15) is 11.5 Å². The average Bonchev–Trinajstić information content (AvgIpc) is 1.99. The van der Waals surface area contributed by atoms with Crippen LogP contribution in [-0.2, 0) is 0 Å². The molecule has 0 atom stereocenters. The van der Waals surface area contributed by atoms with Gasteiger partial charge >= 0.3 is 0 Å². The molecular formula is C7H9F2N3. The first-order valence-electron chi connectivity index (χ1n) is 3.33. The Bertz CT molecular complexity index is 276. The second-order valence-corrected chi connectivity index (χ2v) is 2.46. The molecule has 1 heterocycles. The van der Waals surface area contributed by atoms with Gasteiger partial charge in [-0.15, -0.1) is 0 Å². The molecule has 0 fully saturated rings. The Balaban J connectivity index is 3.21. The Morgan fingerprint density at radius 2 is 2.00 bits per heavy atom. The van der Waals surface area contributed by atoms with Crippen molar-refractivity contribution < 1.29 is 8.78 Å². The summed E-state index contributed by atoms with van der Waals surface area (Å²) in [6, 6.07) is 1.23. The maximum Gasteiger partial charge on any atom is 0.280 e. The van der Waals surface area contributed by atoms with E-state index in [1.54, 1.807) is 6.92 Å². The van der Waals surface area contributed by atoms with Gasteiger partial charge in [-0.3, -0.25) is 0 Å². The zero-order chi connectivity index (χ0) is 9.30. The number of rotatable bonds is 1. The van der Waals surface area contributed by atoms with Gasteiger partial charge in [0.15, 0.2) is 0 Å². The monoisotopic (exact) mass is 173 g/mol. The molecule has 0 amide bonds. The average molecular weight is 173 g/mol. The fourth-order valence-electron chi connectivity index (χ4n) is 0.845. The highest BCUT2D eigenvalue weighted by molar-refractivity contribution is 5.63. The van der Waals surface area contributed by atoms with Gasteiger partial charge in [-0.1, -0.05) is 0 Å². The van der Waals surface area contributed by atoms with Crippen molar-refractivity contribution >= 4 is 11.5 Å². The van der Waals surface area contributed by atoms with Crippen LogP contribution >= 0.6 is 0 Å². The number of aryl methyl sites for hydroxylation is 1. The molecule has 66 valence electrons. The van der Waals surface area contributed by atoms with E-state index in [1.807, 2.05) is 0 Å². The molecule has 0 radical (unpaired) electrons. The lowest BCUT2D eigenvalue weighted by atomic mass is 10.2. The number of nitrogen functional groups attached to an aromatic ring is 2. The first kappa shape index (κ1) is 8.70. The number of hydrogen-bond acceptors (Lipinski definition) is 3. The van der Waals surface area contributed by atoms with Crippen molar-refractivity contribution in [1.29, 1.82) is 0 Å². The molecule has 0 spiro atoms. The van der Waals surface area contributed by atoms with E-state index < -0.39 is 6.43 Å². The van der Waals surface area contributed by atoms with Crippen LogP contribution in [0.4, 0.5) is 20.3 Å². The molecule has 4 N–H and O–H groups in total. The van der Waals surface area contributed by atoms with Gasteiger partial charge in [-0.05, 0) is 18.6 Å². The van der Waals surface area contributed by atoms with Crippen molar-refractivity contribution in [3.8, 4) is 0 Å². The molecule has 0 aliphatic carbocycles. The standard InChI is InChI=1S/C7H9F2N3/c1-3-2-4(6(8)9)12-7(11)5(3)10/h2,6H,10H2,1H3,(H2,11,12). The van der Waals surface area contributed by atoms with Gasteiger partial charge in [0.25, 0.3) is 6.43 Å². The molecule has 0 aliphatic heterocycles. The minimum absolute atomic E-state index is 0.0368. The van der Waals surface area contributed by atoms with E-state index in [0.29, 0.717) is 5.56 Å². The highest BCUT2D eigenvalue weighted by Crippen LogP contribution is 2.23. The Hall–Kier alpha value is -1.39. The molecular weight excluding hydrogens is 164 g/mol. The minimum Gasteiger partial charge on any atom is -0.396 e. The fourth-order valence-corrected chi connectivity index (χ4v) is 0.845. The minimum atomic E-state index is -2.60.